The van der Waals surface area contributed by atoms with Gasteiger partial charge in [0, 0.05) is 18.8 Å². The molecule has 1 saturated heterocycles. The summed E-state index contributed by atoms with van der Waals surface area (Å²) in [5.41, 5.74) is 0.367. The Kier molecular flexibility index (Phi) is 4.58. The third kappa shape index (κ3) is 3.27. The monoisotopic (exact) mass is 300 g/mol. The van der Waals surface area contributed by atoms with Crippen LogP contribution in [0.4, 0.5) is 10.5 Å². The van der Waals surface area contributed by atoms with E-state index in [0.717, 1.165) is 0 Å². The van der Waals surface area contributed by atoms with Crippen molar-refractivity contribution in [3.63, 3.8) is 0 Å². The molecule has 0 saturated carbocycles. The fraction of sp³-hybridized carbons (Fsp3) is 0.417. The van der Waals surface area contributed by atoms with Crippen LogP contribution in [0, 0.1) is 0 Å². The molecule has 1 aliphatic heterocycles. The minimum Gasteiger partial charge on any atom is -0.453 e. The number of hydrogen-bond donors (Lipinski definition) is 1. The van der Waals surface area contributed by atoms with Crippen molar-refractivity contribution in [3.8, 4) is 0 Å². The Hall–Kier alpha value is -1.64. The summed E-state index contributed by atoms with van der Waals surface area (Å²) in [5, 5.41) is 2.44. The number of benzene rings is 1. The van der Waals surface area contributed by atoms with Crippen molar-refractivity contribution in [2.75, 3.05) is 38.7 Å². The summed E-state index contributed by atoms with van der Waals surface area (Å²) < 4.78 is 35.8. The van der Waals surface area contributed by atoms with E-state index in [-0.39, 0.29) is 4.90 Å². The normalized spacial score (nSPS) is 16.6. The van der Waals surface area contributed by atoms with Crippen LogP contribution in [-0.2, 0) is 19.5 Å². The van der Waals surface area contributed by atoms with Crippen molar-refractivity contribution >= 4 is 21.8 Å². The molecule has 2 rings (SSSR count). The van der Waals surface area contributed by atoms with E-state index in [1.165, 1.54) is 23.5 Å². The average molecular weight is 300 g/mol. The van der Waals surface area contributed by atoms with Crippen molar-refractivity contribution in [2.45, 2.75) is 4.90 Å². The van der Waals surface area contributed by atoms with Crippen LogP contribution in [0.15, 0.2) is 29.2 Å². The van der Waals surface area contributed by atoms with E-state index in [1.54, 1.807) is 12.1 Å². The summed E-state index contributed by atoms with van der Waals surface area (Å²) in [6.45, 7) is 1.44. The molecule has 0 atom stereocenters. The number of rotatable bonds is 3. The molecule has 0 aliphatic carbocycles. The molecule has 0 bridgehead atoms. The van der Waals surface area contributed by atoms with E-state index in [0.29, 0.717) is 32.0 Å². The number of morpholine rings is 1. The highest BCUT2D eigenvalue weighted by atomic mass is 32.2. The van der Waals surface area contributed by atoms with Gasteiger partial charge in [0.15, 0.2) is 0 Å². The molecule has 1 N–H and O–H groups in total. The number of nitrogens with zero attached hydrogens (tertiary/aromatic N) is 1. The molecule has 1 aromatic rings. The highest BCUT2D eigenvalue weighted by Gasteiger charge is 2.26. The zero-order chi connectivity index (χ0) is 14.6. The smallest absolute Gasteiger partial charge is 0.411 e. The molecular formula is C12H16N2O5S. The first-order chi connectivity index (χ1) is 9.54. The molecule has 1 heterocycles. The molecule has 1 amide bonds. The minimum atomic E-state index is -3.57. The van der Waals surface area contributed by atoms with Gasteiger partial charge in [-0.2, -0.15) is 4.31 Å². The van der Waals surface area contributed by atoms with E-state index >= 15 is 0 Å². The Morgan fingerprint density at radius 2 is 2.05 bits per heavy atom. The summed E-state index contributed by atoms with van der Waals surface area (Å²) in [7, 11) is -2.33. The van der Waals surface area contributed by atoms with Gasteiger partial charge in [-0.1, -0.05) is 6.07 Å². The maximum Gasteiger partial charge on any atom is 0.411 e. The molecule has 0 unspecified atom stereocenters. The molecule has 110 valence electrons. The van der Waals surface area contributed by atoms with Crippen molar-refractivity contribution in [2.24, 2.45) is 0 Å². The Bertz CT molecular complexity index is 581. The Labute approximate surface area is 117 Å². The Balaban J connectivity index is 2.23. The Morgan fingerprint density at radius 1 is 1.35 bits per heavy atom. The summed E-state index contributed by atoms with van der Waals surface area (Å²) >= 11 is 0. The predicted molar refractivity (Wildman–Crippen MR) is 72.0 cm³/mol. The fourth-order valence-electron chi connectivity index (χ4n) is 1.84. The van der Waals surface area contributed by atoms with Crippen molar-refractivity contribution in [1.29, 1.82) is 0 Å². The second-order valence-electron chi connectivity index (χ2n) is 4.16. The first-order valence-electron chi connectivity index (χ1n) is 6.07. The largest absolute Gasteiger partial charge is 0.453 e. The van der Waals surface area contributed by atoms with Gasteiger partial charge in [0.2, 0.25) is 10.0 Å². The topological polar surface area (TPSA) is 84.9 Å². The zero-order valence-electron chi connectivity index (χ0n) is 11.0. The lowest BCUT2D eigenvalue weighted by Crippen LogP contribution is -2.40. The molecule has 0 radical (unpaired) electrons. The van der Waals surface area contributed by atoms with Gasteiger partial charge in [-0.3, -0.25) is 5.32 Å². The minimum absolute atomic E-state index is 0.133. The predicted octanol–water partition coefficient (Wildman–Crippen LogP) is 0.886. The van der Waals surface area contributed by atoms with Gasteiger partial charge >= 0.3 is 6.09 Å². The first kappa shape index (κ1) is 14.8. The van der Waals surface area contributed by atoms with Crippen molar-refractivity contribution in [3.05, 3.63) is 24.3 Å². The van der Waals surface area contributed by atoms with Crippen LogP contribution in [-0.4, -0.2) is 52.2 Å². The molecular weight excluding hydrogens is 284 g/mol. The number of sulfonamides is 1. The van der Waals surface area contributed by atoms with Crippen LogP contribution in [0.2, 0.25) is 0 Å². The highest BCUT2D eigenvalue weighted by molar-refractivity contribution is 7.89. The first-order valence-corrected chi connectivity index (χ1v) is 7.51. The average Bonchev–Trinajstić information content (AvgIpc) is 2.48. The number of nitrogens with one attached hydrogen (secondary N) is 1. The number of carbonyl (C=O) groups excluding carboxylic acids is 1. The molecule has 7 nitrogen and oxygen atoms in total. The molecule has 1 aliphatic rings. The van der Waals surface area contributed by atoms with Crippen LogP contribution in [0.25, 0.3) is 0 Å². The number of anilines is 1. The summed E-state index contributed by atoms with van der Waals surface area (Å²) in [6, 6.07) is 6.06. The molecule has 8 heteroatoms. The van der Waals surface area contributed by atoms with E-state index in [4.69, 9.17) is 4.74 Å². The maximum absolute atomic E-state index is 12.4. The Morgan fingerprint density at radius 3 is 2.70 bits per heavy atom. The quantitative estimate of drug-likeness (QED) is 0.896. The lowest BCUT2D eigenvalue weighted by atomic mass is 10.3. The van der Waals surface area contributed by atoms with E-state index in [9.17, 15) is 13.2 Å². The van der Waals surface area contributed by atoms with Crippen LogP contribution in [0.5, 0.6) is 0 Å². The van der Waals surface area contributed by atoms with E-state index in [1.807, 2.05) is 0 Å². The van der Waals surface area contributed by atoms with Crippen LogP contribution in [0.3, 0.4) is 0 Å². The summed E-state index contributed by atoms with van der Waals surface area (Å²) in [5.74, 6) is 0. The highest BCUT2D eigenvalue weighted by Crippen LogP contribution is 2.20. The number of carbonyl (C=O) groups is 1. The molecule has 20 heavy (non-hydrogen) atoms. The number of ether oxygens (including phenoxy) is 2. The van der Waals surface area contributed by atoms with Crippen molar-refractivity contribution < 1.29 is 22.7 Å². The number of hydrogen-bond acceptors (Lipinski definition) is 5. The van der Waals surface area contributed by atoms with Gasteiger partial charge in [-0.05, 0) is 18.2 Å². The van der Waals surface area contributed by atoms with Gasteiger partial charge in [0.05, 0.1) is 25.2 Å². The maximum atomic E-state index is 12.4. The standard InChI is InChI=1S/C12H16N2O5S/c1-18-12(15)13-10-3-2-4-11(9-10)20(16,17)14-5-7-19-8-6-14/h2-4,9H,5-8H2,1H3,(H,13,15). The molecule has 0 aromatic heterocycles. The lowest BCUT2D eigenvalue weighted by molar-refractivity contribution is 0.0730. The van der Waals surface area contributed by atoms with Gasteiger partial charge < -0.3 is 9.47 Å². The molecule has 1 fully saturated rings. The van der Waals surface area contributed by atoms with Gasteiger partial charge in [-0.25, -0.2) is 13.2 Å². The lowest BCUT2D eigenvalue weighted by Gasteiger charge is -2.26. The second-order valence-corrected chi connectivity index (χ2v) is 6.10. The zero-order valence-corrected chi connectivity index (χ0v) is 11.9. The van der Waals surface area contributed by atoms with Crippen LogP contribution >= 0.6 is 0 Å². The van der Waals surface area contributed by atoms with Gasteiger partial charge in [0.25, 0.3) is 0 Å². The third-order valence-corrected chi connectivity index (χ3v) is 4.77. The van der Waals surface area contributed by atoms with Gasteiger partial charge in [0.1, 0.15) is 0 Å². The fourth-order valence-corrected chi connectivity index (χ4v) is 3.29. The van der Waals surface area contributed by atoms with Crippen molar-refractivity contribution in [1.82, 2.24) is 4.31 Å². The number of amides is 1. The SMILES string of the molecule is COC(=O)Nc1cccc(S(=O)(=O)N2CCOCC2)c1. The molecule has 1 aromatic carbocycles. The second kappa shape index (κ2) is 6.21. The molecule has 0 spiro atoms. The summed E-state index contributed by atoms with van der Waals surface area (Å²) in [6.07, 6.45) is -0.647. The van der Waals surface area contributed by atoms with Gasteiger partial charge in [-0.15, -0.1) is 0 Å². The third-order valence-electron chi connectivity index (χ3n) is 2.87. The van der Waals surface area contributed by atoms with E-state index in [2.05, 4.69) is 10.1 Å². The van der Waals surface area contributed by atoms with Crippen LogP contribution in [0.1, 0.15) is 0 Å². The van der Waals surface area contributed by atoms with E-state index < -0.39 is 16.1 Å². The summed E-state index contributed by atoms with van der Waals surface area (Å²) in [4.78, 5) is 11.3. The number of methoxy groups -OCH3 is 1. The van der Waals surface area contributed by atoms with Crippen LogP contribution < -0.4 is 5.32 Å².